The molecule has 1 heterocycles. The summed E-state index contributed by atoms with van der Waals surface area (Å²) in [6, 6.07) is 16.3. The van der Waals surface area contributed by atoms with Crippen LogP contribution in [0.5, 0.6) is 5.75 Å². The number of hydrogen-bond donors (Lipinski definition) is 0. The van der Waals surface area contributed by atoms with Crippen LogP contribution in [0.3, 0.4) is 0 Å². The molecule has 0 saturated heterocycles. The Morgan fingerprint density at radius 2 is 1.88 bits per heavy atom. The third-order valence-corrected chi connectivity index (χ3v) is 4.47. The molecule has 0 amide bonds. The molecule has 0 aliphatic carbocycles. The molecule has 0 saturated carbocycles. The Balaban J connectivity index is 2.10. The first-order valence-corrected chi connectivity index (χ1v) is 8.49. The molecule has 25 heavy (non-hydrogen) atoms. The van der Waals surface area contributed by atoms with Gasteiger partial charge in [-0.2, -0.15) is 0 Å². The highest BCUT2D eigenvalue weighted by Crippen LogP contribution is 2.30. The average Bonchev–Trinajstić information content (AvgIpc) is 2.88. The van der Waals surface area contributed by atoms with Crippen LogP contribution >= 0.6 is 0 Å². The van der Waals surface area contributed by atoms with E-state index in [9.17, 15) is 4.79 Å². The van der Waals surface area contributed by atoms with E-state index >= 15 is 0 Å². The normalized spacial score (nSPS) is 10.8. The molecule has 0 aliphatic heterocycles. The van der Waals surface area contributed by atoms with Crippen LogP contribution in [0.2, 0.25) is 0 Å². The van der Waals surface area contributed by atoms with Gasteiger partial charge in [0, 0.05) is 23.1 Å². The third-order valence-electron chi connectivity index (χ3n) is 4.47. The van der Waals surface area contributed by atoms with E-state index in [0.717, 1.165) is 34.5 Å². The molecule has 4 heteroatoms. The Morgan fingerprint density at radius 3 is 2.56 bits per heavy atom. The van der Waals surface area contributed by atoms with Gasteiger partial charge in [0.15, 0.2) is 0 Å². The van der Waals surface area contributed by atoms with Crippen molar-refractivity contribution in [1.82, 2.24) is 4.57 Å². The average molecular weight is 337 g/mol. The van der Waals surface area contributed by atoms with Crippen molar-refractivity contribution in [3.8, 4) is 5.75 Å². The Bertz CT molecular complexity index is 881. The van der Waals surface area contributed by atoms with Gasteiger partial charge in [0.05, 0.1) is 20.1 Å². The molecule has 1 aromatic heterocycles. The first kappa shape index (κ1) is 17.1. The molecule has 0 N–H and O–H groups in total. The fourth-order valence-electron chi connectivity index (χ4n) is 3.21. The number of benzene rings is 2. The largest absolute Gasteiger partial charge is 0.497 e. The molecular formula is C21H23NO3. The lowest BCUT2D eigenvalue weighted by Crippen LogP contribution is -2.09. The van der Waals surface area contributed by atoms with Gasteiger partial charge in [-0.05, 0) is 43.2 Å². The van der Waals surface area contributed by atoms with Gasteiger partial charge in [0.25, 0.3) is 0 Å². The van der Waals surface area contributed by atoms with Gasteiger partial charge in [-0.1, -0.05) is 30.3 Å². The van der Waals surface area contributed by atoms with Gasteiger partial charge in [-0.25, -0.2) is 0 Å². The zero-order chi connectivity index (χ0) is 17.8. The van der Waals surface area contributed by atoms with Crippen LogP contribution in [0, 0.1) is 6.92 Å². The minimum absolute atomic E-state index is 0.202. The number of ether oxygens (including phenoxy) is 2. The quantitative estimate of drug-likeness (QED) is 0.636. The van der Waals surface area contributed by atoms with Gasteiger partial charge in [-0.15, -0.1) is 0 Å². The molecule has 0 spiro atoms. The lowest BCUT2D eigenvalue weighted by molar-refractivity contribution is -0.142. The number of rotatable bonds is 6. The minimum atomic E-state index is -0.202. The van der Waals surface area contributed by atoms with Gasteiger partial charge < -0.3 is 14.0 Å². The second kappa shape index (κ2) is 7.43. The Labute approximate surface area is 148 Å². The van der Waals surface area contributed by atoms with Crippen LogP contribution in [0.4, 0.5) is 0 Å². The summed E-state index contributed by atoms with van der Waals surface area (Å²) in [5, 5.41) is 1.04. The van der Waals surface area contributed by atoms with Crippen LogP contribution in [0.15, 0.2) is 48.5 Å². The molecule has 3 aromatic rings. The molecule has 3 rings (SSSR count). The lowest BCUT2D eigenvalue weighted by Gasteiger charge is -2.09. The van der Waals surface area contributed by atoms with Crippen molar-refractivity contribution in [3.05, 3.63) is 65.4 Å². The second-order valence-corrected chi connectivity index (χ2v) is 6.00. The highest BCUT2D eigenvalue weighted by Gasteiger charge is 2.18. The van der Waals surface area contributed by atoms with Crippen molar-refractivity contribution < 1.29 is 14.3 Å². The second-order valence-electron chi connectivity index (χ2n) is 6.00. The van der Waals surface area contributed by atoms with Gasteiger partial charge in [0.1, 0.15) is 5.75 Å². The van der Waals surface area contributed by atoms with E-state index < -0.39 is 0 Å². The van der Waals surface area contributed by atoms with Crippen LogP contribution in [-0.4, -0.2) is 24.3 Å². The summed E-state index contributed by atoms with van der Waals surface area (Å²) >= 11 is 0. The standard InChI is InChI=1S/C21H23NO3/c1-4-25-21(23)13-18-15(2)22(14-16-8-6-5-7-9-16)20-11-10-17(24-3)12-19(18)20/h5-12H,4,13-14H2,1-3H3. The molecule has 4 nitrogen and oxygen atoms in total. The summed E-state index contributed by atoms with van der Waals surface area (Å²) in [4.78, 5) is 12.1. The molecule has 2 aromatic carbocycles. The number of carbonyl (C=O) groups is 1. The number of fused-ring (bicyclic) bond motifs is 1. The molecule has 0 radical (unpaired) electrons. The molecule has 0 atom stereocenters. The SMILES string of the molecule is CCOC(=O)Cc1c(C)n(Cc2ccccc2)c2ccc(OC)cc12. The zero-order valence-electron chi connectivity index (χ0n) is 14.9. The summed E-state index contributed by atoms with van der Waals surface area (Å²) in [6.07, 6.45) is 0.269. The number of nitrogens with zero attached hydrogens (tertiary/aromatic N) is 1. The molecule has 0 bridgehead atoms. The van der Waals surface area contributed by atoms with Crippen LogP contribution in [0.1, 0.15) is 23.7 Å². The van der Waals surface area contributed by atoms with Crippen molar-refractivity contribution in [2.75, 3.05) is 13.7 Å². The van der Waals surface area contributed by atoms with E-state index in [0.29, 0.717) is 6.61 Å². The van der Waals surface area contributed by atoms with Gasteiger partial charge >= 0.3 is 5.97 Å². The molecule has 130 valence electrons. The first-order valence-electron chi connectivity index (χ1n) is 8.49. The monoisotopic (exact) mass is 337 g/mol. The fourth-order valence-corrected chi connectivity index (χ4v) is 3.21. The summed E-state index contributed by atoms with van der Waals surface area (Å²) in [6.45, 7) is 5.04. The summed E-state index contributed by atoms with van der Waals surface area (Å²) in [5.74, 6) is 0.585. The lowest BCUT2D eigenvalue weighted by atomic mass is 10.1. The molecule has 0 fully saturated rings. The highest BCUT2D eigenvalue weighted by atomic mass is 16.5. The van der Waals surface area contributed by atoms with E-state index in [-0.39, 0.29) is 12.4 Å². The number of aromatic nitrogens is 1. The summed E-state index contributed by atoms with van der Waals surface area (Å²) < 4.78 is 12.8. The number of esters is 1. The van der Waals surface area contributed by atoms with Crippen molar-refractivity contribution in [1.29, 1.82) is 0 Å². The zero-order valence-corrected chi connectivity index (χ0v) is 14.9. The smallest absolute Gasteiger partial charge is 0.310 e. The Kier molecular flexibility index (Phi) is 5.08. The molecular weight excluding hydrogens is 314 g/mol. The maximum atomic E-state index is 12.1. The predicted octanol–water partition coefficient (Wildman–Crippen LogP) is 4.11. The summed E-state index contributed by atoms with van der Waals surface area (Å²) in [7, 11) is 1.65. The summed E-state index contributed by atoms with van der Waals surface area (Å²) in [5.41, 5.74) is 4.41. The van der Waals surface area contributed by atoms with E-state index in [1.54, 1.807) is 7.11 Å². The number of carbonyl (C=O) groups excluding carboxylic acids is 1. The minimum Gasteiger partial charge on any atom is -0.497 e. The van der Waals surface area contributed by atoms with Crippen LogP contribution in [-0.2, 0) is 22.5 Å². The predicted molar refractivity (Wildman–Crippen MR) is 99.1 cm³/mol. The van der Waals surface area contributed by atoms with E-state index in [1.807, 2.05) is 37.3 Å². The van der Waals surface area contributed by atoms with Crippen LogP contribution < -0.4 is 4.74 Å². The van der Waals surface area contributed by atoms with E-state index in [4.69, 9.17) is 9.47 Å². The van der Waals surface area contributed by atoms with Crippen molar-refractivity contribution in [2.24, 2.45) is 0 Å². The molecule has 0 aliphatic rings. The van der Waals surface area contributed by atoms with Gasteiger partial charge in [-0.3, -0.25) is 4.79 Å². The van der Waals surface area contributed by atoms with Crippen molar-refractivity contribution in [2.45, 2.75) is 26.8 Å². The maximum absolute atomic E-state index is 12.1. The topological polar surface area (TPSA) is 40.5 Å². The first-order chi connectivity index (χ1) is 12.1. The fraction of sp³-hybridized carbons (Fsp3) is 0.286. The van der Waals surface area contributed by atoms with Crippen LogP contribution in [0.25, 0.3) is 10.9 Å². The maximum Gasteiger partial charge on any atom is 0.310 e. The molecule has 0 unspecified atom stereocenters. The number of methoxy groups -OCH3 is 1. The number of hydrogen-bond acceptors (Lipinski definition) is 3. The van der Waals surface area contributed by atoms with E-state index in [2.05, 4.69) is 29.7 Å². The van der Waals surface area contributed by atoms with Crippen molar-refractivity contribution >= 4 is 16.9 Å². The van der Waals surface area contributed by atoms with E-state index in [1.165, 1.54) is 5.56 Å². The van der Waals surface area contributed by atoms with Crippen molar-refractivity contribution in [3.63, 3.8) is 0 Å². The van der Waals surface area contributed by atoms with Gasteiger partial charge in [0.2, 0.25) is 0 Å². The Morgan fingerprint density at radius 1 is 1.12 bits per heavy atom. The third kappa shape index (κ3) is 3.53. The highest BCUT2D eigenvalue weighted by molar-refractivity contribution is 5.90. The Hall–Kier alpha value is -2.75.